The van der Waals surface area contributed by atoms with E-state index in [-0.39, 0.29) is 5.91 Å². The van der Waals surface area contributed by atoms with Crippen molar-refractivity contribution in [2.75, 3.05) is 11.9 Å². The number of aryl methyl sites for hydroxylation is 2. The van der Waals surface area contributed by atoms with Crippen LogP contribution in [-0.4, -0.2) is 22.8 Å². The molecule has 28 heavy (non-hydrogen) atoms. The minimum absolute atomic E-state index is 0.0187. The molecule has 0 unspecified atom stereocenters. The molecule has 4 nitrogen and oxygen atoms in total. The van der Waals surface area contributed by atoms with Gasteiger partial charge in [-0.3, -0.25) is 14.6 Å². The van der Waals surface area contributed by atoms with E-state index in [4.69, 9.17) is 4.98 Å². The predicted octanol–water partition coefficient (Wildman–Crippen LogP) is 5.33. The van der Waals surface area contributed by atoms with Crippen molar-refractivity contribution in [2.45, 2.75) is 40.3 Å². The number of hydrogen-bond donors (Lipinski definition) is 0. The molecule has 0 bridgehead atoms. The smallest absolute Gasteiger partial charge is 0.230 e. The van der Waals surface area contributed by atoms with Crippen LogP contribution in [-0.2, 0) is 24.3 Å². The highest BCUT2D eigenvalue weighted by Gasteiger charge is 2.20. The Labute approximate surface area is 171 Å². The van der Waals surface area contributed by atoms with Crippen LogP contribution >= 0.6 is 11.3 Å². The van der Waals surface area contributed by atoms with Crippen LogP contribution in [0.3, 0.4) is 0 Å². The van der Waals surface area contributed by atoms with Crippen molar-refractivity contribution in [3.63, 3.8) is 0 Å². The van der Waals surface area contributed by atoms with E-state index < -0.39 is 0 Å². The molecule has 5 heteroatoms. The average Bonchev–Trinajstić information content (AvgIpc) is 3.11. The summed E-state index contributed by atoms with van der Waals surface area (Å²) in [5, 5.41) is 2.78. The Hall–Kier alpha value is -2.50. The number of benzene rings is 2. The zero-order chi connectivity index (χ0) is 20.1. The lowest BCUT2D eigenvalue weighted by Crippen LogP contribution is -2.24. The summed E-state index contributed by atoms with van der Waals surface area (Å²) in [6.45, 7) is 7.40. The van der Waals surface area contributed by atoms with E-state index >= 15 is 0 Å². The summed E-state index contributed by atoms with van der Waals surface area (Å²) in [6.07, 6.45) is 0.872. The van der Waals surface area contributed by atoms with Crippen LogP contribution in [0.15, 0.2) is 53.9 Å². The molecule has 0 aliphatic heterocycles. The van der Waals surface area contributed by atoms with E-state index in [0.29, 0.717) is 0 Å². The van der Waals surface area contributed by atoms with Gasteiger partial charge in [0, 0.05) is 25.4 Å². The molecule has 0 radical (unpaired) electrons. The van der Waals surface area contributed by atoms with Crippen molar-refractivity contribution in [1.29, 1.82) is 0 Å². The van der Waals surface area contributed by atoms with Gasteiger partial charge in [0.2, 0.25) is 5.91 Å². The van der Waals surface area contributed by atoms with E-state index in [1.165, 1.54) is 22.5 Å². The summed E-state index contributed by atoms with van der Waals surface area (Å²) in [4.78, 5) is 21.1. The molecule has 0 N–H and O–H groups in total. The highest BCUT2D eigenvalue weighted by molar-refractivity contribution is 7.14. The first kappa shape index (κ1) is 20.2. The Morgan fingerprint density at radius 3 is 2.46 bits per heavy atom. The first-order valence-corrected chi connectivity index (χ1v) is 10.4. The minimum atomic E-state index is -0.0187. The number of thiazole rings is 1. The molecule has 0 atom stereocenters. The van der Waals surface area contributed by atoms with Crippen LogP contribution in [0.4, 0.5) is 10.8 Å². The number of aromatic nitrogens is 1. The Morgan fingerprint density at radius 2 is 1.79 bits per heavy atom. The highest BCUT2D eigenvalue weighted by atomic mass is 32.1. The van der Waals surface area contributed by atoms with Crippen LogP contribution in [0, 0.1) is 6.92 Å². The standard InChI is InChI=1S/C23H27N3OS/c1-5-20-8-6-7-9-22(20)26(18(3)27)23-24-21(16-28-23)15-25(4)14-19-12-10-17(2)11-13-19/h6-13,16H,5,14-15H2,1-4H3. The molecule has 1 heterocycles. The van der Waals surface area contributed by atoms with E-state index in [2.05, 4.69) is 56.1 Å². The molecule has 0 fully saturated rings. The third-order valence-corrected chi connectivity index (χ3v) is 5.54. The molecule has 2 aromatic carbocycles. The predicted molar refractivity (Wildman–Crippen MR) is 117 cm³/mol. The highest BCUT2D eigenvalue weighted by Crippen LogP contribution is 2.32. The van der Waals surface area contributed by atoms with Crippen LogP contribution in [0.1, 0.15) is 36.2 Å². The number of hydrogen-bond acceptors (Lipinski definition) is 4. The van der Waals surface area contributed by atoms with E-state index in [0.717, 1.165) is 41.6 Å². The molecular formula is C23H27N3OS. The Balaban J connectivity index is 1.75. The monoisotopic (exact) mass is 393 g/mol. The molecule has 1 amide bonds. The van der Waals surface area contributed by atoms with Gasteiger partial charge in [-0.1, -0.05) is 55.0 Å². The SMILES string of the molecule is CCc1ccccc1N(C(C)=O)c1nc(CN(C)Cc2ccc(C)cc2)cs1. The number of anilines is 2. The Bertz CT molecular complexity index is 933. The molecule has 0 spiro atoms. The molecular weight excluding hydrogens is 366 g/mol. The normalized spacial score (nSPS) is 11.0. The van der Waals surface area contributed by atoms with Crippen molar-refractivity contribution in [3.8, 4) is 0 Å². The molecule has 0 aliphatic carbocycles. The van der Waals surface area contributed by atoms with Gasteiger partial charge in [0.1, 0.15) is 0 Å². The summed E-state index contributed by atoms with van der Waals surface area (Å²) in [5.41, 5.74) is 5.60. The van der Waals surface area contributed by atoms with Crippen LogP contribution in [0.2, 0.25) is 0 Å². The third-order valence-electron chi connectivity index (χ3n) is 4.66. The average molecular weight is 394 g/mol. The number of rotatable bonds is 7. The van der Waals surface area contributed by atoms with Crippen LogP contribution in [0.5, 0.6) is 0 Å². The van der Waals surface area contributed by atoms with Crippen molar-refractivity contribution in [1.82, 2.24) is 9.88 Å². The second-order valence-corrected chi connectivity index (χ2v) is 7.95. The molecule has 3 aromatic rings. The van der Waals surface area contributed by atoms with Gasteiger partial charge in [0.05, 0.1) is 11.4 Å². The van der Waals surface area contributed by atoms with Gasteiger partial charge in [-0.2, -0.15) is 0 Å². The zero-order valence-electron chi connectivity index (χ0n) is 17.0. The summed E-state index contributed by atoms with van der Waals surface area (Å²) in [6, 6.07) is 16.6. The van der Waals surface area contributed by atoms with Gasteiger partial charge >= 0.3 is 0 Å². The van der Waals surface area contributed by atoms with Crippen molar-refractivity contribution in [3.05, 3.63) is 76.3 Å². The number of amides is 1. The lowest BCUT2D eigenvalue weighted by atomic mass is 10.1. The van der Waals surface area contributed by atoms with Gasteiger partial charge in [-0.15, -0.1) is 11.3 Å². The second-order valence-electron chi connectivity index (χ2n) is 7.12. The largest absolute Gasteiger partial charge is 0.296 e. The quantitative estimate of drug-likeness (QED) is 0.544. The number of carbonyl (C=O) groups excluding carboxylic acids is 1. The Morgan fingerprint density at radius 1 is 1.07 bits per heavy atom. The lowest BCUT2D eigenvalue weighted by Gasteiger charge is -2.21. The minimum Gasteiger partial charge on any atom is -0.296 e. The summed E-state index contributed by atoms with van der Waals surface area (Å²) < 4.78 is 0. The van der Waals surface area contributed by atoms with Crippen molar-refractivity contribution >= 4 is 28.1 Å². The zero-order valence-corrected chi connectivity index (χ0v) is 17.8. The molecule has 0 saturated carbocycles. The number of para-hydroxylation sites is 1. The van der Waals surface area contributed by atoms with Gasteiger partial charge in [0.25, 0.3) is 0 Å². The summed E-state index contributed by atoms with van der Waals surface area (Å²) >= 11 is 1.52. The Kier molecular flexibility index (Phi) is 6.60. The van der Waals surface area contributed by atoms with Gasteiger partial charge in [0.15, 0.2) is 5.13 Å². The maximum Gasteiger partial charge on any atom is 0.230 e. The van der Waals surface area contributed by atoms with Gasteiger partial charge < -0.3 is 0 Å². The molecule has 3 rings (SSSR count). The number of nitrogens with zero attached hydrogens (tertiary/aromatic N) is 3. The molecule has 1 aromatic heterocycles. The first-order valence-electron chi connectivity index (χ1n) is 9.55. The topological polar surface area (TPSA) is 36.4 Å². The van der Waals surface area contributed by atoms with E-state index in [1.54, 1.807) is 11.8 Å². The van der Waals surface area contributed by atoms with Crippen LogP contribution < -0.4 is 4.90 Å². The maximum atomic E-state index is 12.4. The fraction of sp³-hybridized carbons (Fsp3) is 0.304. The fourth-order valence-corrected chi connectivity index (χ4v) is 4.12. The molecule has 0 saturated heterocycles. The lowest BCUT2D eigenvalue weighted by molar-refractivity contribution is -0.115. The van der Waals surface area contributed by atoms with E-state index in [1.807, 2.05) is 23.6 Å². The van der Waals surface area contributed by atoms with Crippen molar-refractivity contribution in [2.24, 2.45) is 0 Å². The third kappa shape index (κ3) is 4.86. The van der Waals surface area contributed by atoms with Crippen molar-refractivity contribution < 1.29 is 4.79 Å². The van der Waals surface area contributed by atoms with Gasteiger partial charge in [-0.25, -0.2) is 4.98 Å². The fourth-order valence-electron chi connectivity index (χ4n) is 3.24. The molecule has 0 aliphatic rings. The van der Waals surface area contributed by atoms with E-state index in [9.17, 15) is 4.79 Å². The maximum absolute atomic E-state index is 12.4. The number of carbonyl (C=O) groups is 1. The second kappa shape index (κ2) is 9.13. The molecule has 146 valence electrons. The summed E-state index contributed by atoms with van der Waals surface area (Å²) in [7, 11) is 2.09. The summed E-state index contributed by atoms with van der Waals surface area (Å²) in [5.74, 6) is -0.0187. The van der Waals surface area contributed by atoms with Gasteiger partial charge in [-0.05, 0) is 37.6 Å². The van der Waals surface area contributed by atoms with Crippen LogP contribution in [0.25, 0.3) is 0 Å². The first-order chi connectivity index (χ1) is 13.5.